The van der Waals surface area contributed by atoms with Crippen LogP contribution < -0.4 is 9.47 Å². The van der Waals surface area contributed by atoms with Crippen molar-refractivity contribution in [1.82, 2.24) is 0 Å². The molecule has 3 nitrogen and oxygen atoms in total. The second kappa shape index (κ2) is 6.15. The van der Waals surface area contributed by atoms with Crippen LogP contribution in [0.1, 0.15) is 16.7 Å². The first-order valence-electron chi connectivity index (χ1n) is 6.34. The van der Waals surface area contributed by atoms with Crippen LogP contribution in [0, 0.1) is 6.92 Å². The largest absolute Gasteiger partial charge is 0.508 e. The summed E-state index contributed by atoms with van der Waals surface area (Å²) in [6.07, 6.45) is 3.96. The number of ether oxygens (including phenoxy) is 2. The molecule has 20 heavy (non-hydrogen) atoms. The van der Waals surface area contributed by atoms with Gasteiger partial charge in [0, 0.05) is 5.56 Å². The average Bonchev–Trinajstić information content (AvgIpc) is 2.47. The molecule has 0 aliphatic heterocycles. The molecule has 0 heterocycles. The van der Waals surface area contributed by atoms with Crippen molar-refractivity contribution >= 4 is 12.2 Å². The summed E-state index contributed by atoms with van der Waals surface area (Å²) in [6.45, 7) is 1.96. The number of hydrogen-bond donors (Lipinski definition) is 1. The van der Waals surface area contributed by atoms with E-state index in [0.29, 0.717) is 0 Å². The van der Waals surface area contributed by atoms with Crippen LogP contribution in [0.2, 0.25) is 0 Å². The Morgan fingerprint density at radius 2 is 1.35 bits per heavy atom. The summed E-state index contributed by atoms with van der Waals surface area (Å²) >= 11 is 0. The molecule has 0 atom stereocenters. The summed E-state index contributed by atoms with van der Waals surface area (Å²) in [7, 11) is 3.30. The van der Waals surface area contributed by atoms with E-state index in [0.717, 1.165) is 28.2 Å². The first-order chi connectivity index (χ1) is 9.63. The summed E-state index contributed by atoms with van der Waals surface area (Å²) in [4.78, 5) is 0. The quantitative estimate of drug-likeness (QED) is 0.857. The number of phenols is 1. The summed E-state index contributed by atoms with van der Waals surface area (Å²) in [5, 5.41) is 9.25. The Balaban J connectivity index is 2.31. The van der Waals surface area contributed by atoms with E-state index in [1.54, 1.807) is 26.4 Å². The lowest BCUT2D eigenvalue weighted by molar-refractivity contribution is 0.388. The topological polar surface area (TPSA) is 38.7 Å². The molecule has 2 aromatic carbocycles. The van der Waals surface area contributed by atoms with E-state index in [-0.39, 0.29) is 5.75 Å². The molecular formula is C17H18O3. The lowest BCUT2D eigenvalue weighted by atomic mass is 10.1. The molecule has 0 unspecified atom stereocenters. The van der Waals surface area contributed by atoms with Gasteiger partial charge in [0.15, 0.2) is 0 Å². The van der Waals surface area contributed by atoms with Gasteiger partial charge in [-0.2, -0.15) is 0 Å². The molecule has 0 aromatic heterocycles. The lowest BCUT2D eigenvalue weighted by Crippen LogP contribution is -1.93. The number of methoxy groups -OCH3 is 2. The fourth-order valence-electron chi connectivity index (χ4n) is 1.98. The molecule has 0 saturated carbocycles. The van der Waals surface area contributed by atoms with Gasteiger partial charge in [-0.15, -0.1) is 0 Å². The Kier molecular flexibility index (Phi) is 4.31. The molecule has 3 heteroatoms. The number of aromatic hydroxyl groups is 1. The molecule has 0 aliphatic rings. The molecule has 1 N–H and O–H groups in total. The molecule has 2 aromatic rings. The van der Waals surface area contributed by atoms with Crippen molar-refractivity contribution in [2.75, 3.05) is 14.2 Å². The number of benzene rings is 2. The van der Waals surface area contributed by atoms with Crippen LogP contribution in [-0.2, 0) is 0 Å². The minimum absolute atomic E-state index is 0.265. The second-order valence-corrected chi connectivity index (χ2v) is 4.48. The normalized spacial score (nSPS) is 10.8. The summed E-state index contributed by atoms with van der Waals surface area (Å²) < 4.78 is 10.7. The van der Waals surface area contributed by atoms with E-state index < -0.39 is 0 Å². The Hall–Kier alpha value is -2.42. The Bertz CT molecular complexity index is 588. The van der Waals surface area contributed by atoms with Crippen molar-refractivity contribution in [2.24, 2.45) is 0 Å². The minimum atomic E-state index is 0.265. The molecule has 0 amide bonds. The van der Waals surface area contributed by atoms with Crippen molar-refractivity contribution in [3.63, 3.8) is 0 Å². The number of rotatable bonds is 4. The Morgan fingerprint density at radius 1 is 0.850 bits per heavy atom. The monoisotopic (exact) mass is 270 g/mol. The van der Waals surface area contributed by atoms with Crippen molar-refractivity contribution in [3.8, 4) is 17.2 Å². The van der Waals surface area contributed by atoms with Gasteiger partial charge < -0.3 is 14.6 Å². The first-order valence-corrected chi connectivity index (χ1v) is 6.34. The van der Waals surface area contributed by atoms with E-state index in [1.807, 2.05) is 43.3 Å². The fraction of sp³-hybridized carbons (Fsp3) is 0.176. The smallest absolute Gasteiger partial charge is 0.126 e. The van der Waals surface area contributed by atoms with Crippen LogP contribution in [0.15, 0.2) is 36.4 Å². The van der Waals surface area contributed by atoms with Crippen molar-refractivity contribution < 1.29 is 14.6 Å². The highest BCUT2D eigenvalue weighted by Crippen LogP contribution is 2.30. The molecule has 0 radical (unpaired) electrons. The van der Waals surface area contributed by atoms with Crippen LogP contribution in [0.4, 0.5) is 0 Å². The molecule has 104 valence electrons. The highest BCUT2D eigenvalue weighted by Gasteiger charge is 2.06. The number of hydrogen-bond acceptors (Lipinski definition) is 3. The molecular weight excluding hydrogens is 252 g/mol. The molecule has 0 aliphatic carbocycles. The maximum atomic E-state index is 9.25. The van der Waals surface area contributed by atoms with Gasteiger partial charge in [-0.1, -0.05) is 24.3 Å². The fourth-order valence-corrected chi connectivity index (χ4v) is 1.98. The first kappa shape index (κ1) is 14.0. The van der Waals surface area contributed by atoms with Crippen molar-refractivity contribution in [3.05, 3.63) is 53.1 Å². The zero-order valence-corrected chi connectivity index (χ0v) is 11.9. The number of phenolic OH excluding ortho intramolecular Hbond substituents is 1. The summed E-state index contributed by atoms with van der Waals surface area (Å²) in [5.41, 5.74) is 3.00. The Morgan fingerprint density at radius 3 is 1.85 bits per heavy atom. The van der Waals surface area contributed by atoms with E-state index in [2.05, 4.69) is 0 Å². The van der Waals surface area contributed by atoms with Gasteiger partial charge in [0.05, 0.1) is 14.2 Å². The van der Waals surface area contributed by atoms with Crippen LogP contribution in [0.25, 0.3) is 12.2 Å². The third kappa shape index (κ3) is 3.12. The molecule has 0 spiro atoms. The highest BCUT2D eigenvalue weighted by atomic mass is 16.5. The van der Waals surface area contributed by atoms with Gasteiger partial charge in [-0.3, -0.25) is 0 Å². The van der Waals surface area contributed by atoms with E-state index in [9.17, 15) is 5.11 Å². The third-order valence-corrected chi connectivity index (χ3v) is 3.14. The maximum Gasteiger partial charge on any atom is 0.126 e. The highest BCUT2D eigenvalue weighted by molar-refractivity contribution is 5.72. The van der Waals surface area contributed by atoms with E-state index in [4.69, 9.17) is 9.47 Å². The standard InChI is InChI=1S/C17H18O3/c1-12-16(19-2)10-14(11-17(12)20-3)5-4-13-6-8-15(18)9-7-13/h4-11,18H,1-3H3. The lowest BCUT2D eigenvalue weighted by Gasteiger charge is -2.10. The van der Waals surface area contributed by atoms with Crippen molar-refractivity contribution in [1.29, 1.82) is 0 Å². The predicted octanol–water partition coefficient (Wildman–Crippen LogP) is 3.89. The second-order valence-electron chi connectivity index (χ2n) is 4.48. The summed E-state index contributed by atoms with van der Waals surface area (Å²) in [5.74, 6) is 1.87. The molecule has 0 saturated heterocycles. The average molecular weight is 270 g/mol. The van der Waals surface area contributed by atoms with Crippen LogP contribution in [0.3, 0.4) is 0 Å². The van der Waals surface area contributed by atoms with E-state index >= 15 is 0 Å². The molecule has 0 bridgehead atoms. The van der Waals surface area contributed by atoms with Gasteiger partial charge >= 0.3 is 0 Å². The van der Waals surface area contributed by atoms with Crippen LogP contribution in [-0.4, -0.2) is 19.3 Å². The molecule has 2 rings (SSSR count). The third-order valence-electron chi connectivity index (χ3n) is 3.14. The predicted molar refractivity (Wildman–Crippen MR) is 81.3 cm³/mol. The van der Waals surface area contributed by atoms with Gasteiger partial charge in [0.25, 0.3) is 0 Å². The zero-order chi connectivity index (χ0) is 14.5. The van der Waals surface area contributed by atoms with Gasteiger partial charge in [0.1, 0.15) is 17.2 Å². The van der Waals surface area contributed by atoms with Crippen molar-refractivity contribution in [2.45, 2.75) is 6.92 Å². The summed E-state index contributed by atoms with van der Waals surface area (Å²) in [6, 6.07) is 11.0. The van der Waals surface area contributed by atoms with Crippen LogP contribution in [0.5, 0.6) is 17.2 Å². The van der Waals surface area contributed by atoms with Gasteiger partial charge in [0.2, 0.25) is 0 Å². The molecule has 0 fully saturated rings. The van der Waals surface area contributed by atoms with Gasteiger partial charge in [-0.25, -0.2) is 0 Å². The zero-order valence-electron chi connectivity index (χ0n) is 11.9. The minimum Gasteiger partial charge on any atom is -0.508 e. The maximum absolute atomic E-state index is 9.25. The SMILES string of the molecule is COc1cc(C=Cc2ccc(O)cc2)cc(OC)c1C. The van der Waals surface area contributed by atoms with Crippen LogP contribution >= 0.6 is 0 Å². The van der Waals surface area contributed by atoms with E-state index in [1.165, 1.54) is 0 Å². The van der Waals surface area contributed by atoms with Gasteiger partial charge in [-0.05, 0) is 42.3 Å². The Labute approximate surface area is 119 Å².